The fourth-order valence-electron chi connectivity index (χ4n) is 2.80. The van der Waals surface area contributed by atoms with Crippen LogP contribution in [-0.2, 0) is 0 Å². The molecule has 1 fully saturated rings. The first-order valence-electron chi connectivity index (χ1n) is 6.34. The third kappa shape index (κ3) is 2.11. The van der Waals surface area contributed by atoms with Crippen molar-refractivity contribution in [3.05, 3.63) is 28.2 Å². The van der Waals surface area contributed by atoms with Gasteiger partial charge in [-0.05, 0) is 25.0 Å². The van der Waals surface area contributed by atoms with Crippen LogP contribution in [0, 0.1) is 5.41 Å². The van der Waals surface area contributed by atoms with Crippen molar-refractivity contribution in [1.29, 1.82) is 0 Å². The highest BCUT2D eigenvalue weighted by Gasteiger charge is 2.53. The number of hydrogen-bond donors (Lipinski definition) is 1. The fourth-order valence-corrected chi connectivity index (χ4v) is 3.13. The summed E-state index contributed by atoms with van der Waals surface area (Å²) in [6.45, 7) is 4.17. The predicted octanol–water partition coefficient (Wildman–Crippen LogP) is 4.31. The Hall–Kier alpha value is -0.440. The topological polar surface area (TPSA) is 29.5 Å². The summed E-state index contributed by atoms with van der Waals surface area (Å²) in [6, 6.07) is 5.37. The average Bonchev–Trinajstić information content (AvgIpc) is 2.36. The second-order valence-electron chi connectivity index (χ2n) is 4.85. The zero-order valence-corrected chi connectivity index (χ0v) is 12.1. The Balaban J connectivity index is 2.18. The zero-order valence-electron chi connectivity index (χ0n) is 10.6. The molecule has 0 heterocycles. The van der Waals surface area contributed by atoms with Gasteiger partial charge < -0.3 is 9.84 Å². The van der Waals surface area contributed by atoms with Gasteiger partial charge in [-0.15, -0.1) is 0 Å². The number of ether oxygens (including phenoxy) is 1. The van der Waals surface area contributed by atoms with Crippen molar-refractivity contribution in [3.63, 3.8) is 0 Å². The number of aliphatic hydroxyl groups is 1. The lowest BCUT2D eigenvalue weighted by atomic mass is 9.60. The van der Waals surface area contributed by atoms with E-state index >= 15 is 0 Å². The van der Waals surface area contributed by atoms with Gasteiger partial charge in [-0.25, -0.2) is 0 Å². The maximum Gasteiger partial charge on any atom is 0.139 e. The summed E-state index contributed by atoms with van der Waals surface area (Å²) in [5.74, 6) is 0.604. The molecule has 1 aliphatic rings. The Morgan fingerprint density at radius 2 is 2.00 bits per heavy atom. The molecule has 1 aromatic rings. The molecule has 1 aliphatic carbocycles. The summed E-state index contributed by atoms with van der Waals surface area (Å²) in [5.41, 5.74) is -0.147. The Kier molecular flexibility index (Phi) is 4.10. The first-order chi connectivity index (χ1) is 8.55. The number of halogens is 2. The molecule has 2 nitrogen and oxygen atoms in total. The van der Waals surface area contributed by atoms with Crippen molar-refractivity contribution in [2.75, 3.05) is 0 Å². The first-order valence-corrected chi connectivity index (χ1v) is 7.09. The molecule has 2 atom stereocenters. The van der Waals surface area contributed by atoms with Crippen LogP contribution in [0.3, 0.4) is 0 Å². The predicted molar refractivity (Wildman–Crippen MR) is 74.5 cm³/mol. The molecule has 0 bridgehead atoms. The van der Waals surface area contributed by atoms with E-state index in [1.165, 1.54) is 0 Å². The lowest BCUT2D eigenvalue weighted by Crippen LogP contribution is -2.59. The second-order valence-corrected chi connectivity index (χ2v) is 5.64. The van der Waals surface area contributed by atoms with Gasteiger partial charge in [0.05, 0.1) is 11.1 Å². The Morgan fingerprint density at radius 3 is 2.56 bits per heavy atom. The molecule has 2 rings (SSSR count). The van der Waals surface area contributed by atoms with Crippen molar-refractivity contribution in [3.8, 4) is 5.75 Å². The van der Waals surface area contributed by atoms with Crippen LogP contribution in [0.2, 0.25) is 10.0 Å². The van der Waals surface area contributed by atoms with Gasteiger partial charge >= 0.3 is 0 Å². The van der Waals surface area contributed by atoms with Gasteiger partial charge in [-0.2, -0.15) is 0 Å². The summed E-state index contributed by atoms with van der Waals surface area (Å²) in [4.78, 5) is 0. The molecule has 0 amide bonds. The number of benzene rings is 1. The monoisotopic (exact) mass is 288 g/mol. The molecule has 1 saturated carbocycles. The number of rotatable bonds is 4. The Bertz CT molecular complexity index is 430. The third-order valence-corrected chi connectivity index (χ3v) is 5.05. The minimum absolute atomic E-state index is 0.0125. The van der Waals surface area contributed by atoms with Gasteiger partial charge in [-0.1, -0.05) is 43.1 Å². The largest absolute Gasteiger partial charge is 0.488 e. The summed E-state index contributed by atoms with van der Waals surface area (Å²) >= 11 is 12.1. The zero-order chi connectivity index (χ0) is 13.3. The lowest BCUT2D eigenvalue weighted by Gasteiger charge is -2.52. The van der Waals surface area contributed by atoms with Crippen LogP contribution in [0.5, 0.6) is 5.75 Å². The molecule has 0 radical (unpaired) electrons. The molecule has 0 aromatic heterocycles. The quantitative estimate of drug-likeness (QED) is 0.894. The third-order valence-electron chi connectivity index (χ3n) is 4.24. The molecule has 2 unspecified atom stereocenters. The van der Waals surface area contributed by atoms with E-state index in [1.54, 1.807) is 6.07 Å². The first kappa shape index (κ1) is 14.0. The molecular formula is C14H18Cl2O2. The Morgan fingerprint density at radius 1 is 1.33 bits per heavy atom. The minimum Gasteiger partial charge on any atom is -0.488 e. The van der Waals surface area contributed by atoms with Crippen molar-refractivity contribution in [1.82, 2.24) is 0 Å². The van der Waals surface area contributed by atoms with Crippen LogP contribution < -0.4 is 4.74 Å². The highest BCUT2D eigenvalue weighted by Crippen LogP contribution is 2.49. The van der Waals surface area contributed by atoms with Crippen molar-refractivity contribution in [2.24, 2.45) is 5.41 Å². The van der Waals surface area contributed by atoms with Gasteiger partial charge in [0, 0.05) is 11.8 Å². The van der Waals surface area contributed by atoms with Crippen molar-refractivity contribution < 1.29 is 9.84 Å². The number of hydrogen-bond acceptors (Lipinski definition) is 2. The van der Waals surface area contributed by atoms with Crippen LogP contribution in [0.4, 0.5) is 0 Å². The number of aliphatic hydroxyl groups excluding tert-OH is 1. The maximum absolute atomic E-state index is 9.99. The SMILES string of the molecule is CCC1(CC)C(O)CC1Oc1cccc(Cl)c1Cl. The van der Waals surface area contributed by atoms with E-state index in [4.69, 9.17) is 27.9 Å². The molecule has 0 spiro atoms. The van der Waals surface area contributed by atoms with E-state index < -0.39 is 0 Å². The molecule has 0 saturated heterocycles. The van der Waals surface area contributed by atoms with E-state index in [0.29, 0.717) is 22.2 Å². The Labute approximate surface area is 118 Å². The van der Waals surface area contributed by atoms with Gasteiger partial charge in [0.1, 0.15) is 16.9 Å². The summed E-state index contributed by atoms with van der Waals surface area (Å²) in [5, 5.41) is 10.9. The normalized spacial score (nSPS) is 25.6. The van der Waals surface area contributed by atoms with Crippen LogP contribution in [0.1, 0.15) is 33.1 Å². The van der Waals surface area contributed by atoms with E-state index in [-0.39, 0.29) is 17.6 Å². The molecule has 4 heteroatoms. The van der Waals surface area contributed by atoms with Crippen molar-refractivity contribution in [2.45, 2.75) is 45.3 Å². The van der Waals surface area contributed by atoms with E-state index in [1.807, 2.05) is 12.1 Å². The second kappa shape index (κ2) is 5.28. The van der Waals surface area contributed by atoms with Crippen LogP contribution in [0.25, 0.3) is 0 Å². The van der Waals surface area contributed by atoms with Gasteiger partial charge in [0.15, 0.2) is 0 Å². The fraction of sp³-hybridized carbons (Fsp3) is 0.571. The van der Waals surface area contributed by atoms with E-state index in [9.17, 15) is 5.11 Å². The maximum atomic E-state index is 9.99. The summed E-state index contributed by atoms with van der Waals surface area (Å²) in [6.07, 6.45) is 2.18. The van der Waals surface area contributed by atoms with E-state index in [0.717, 1.165) is 12.8 Å². The van der Waals surface area contributed by atoms with Gasteiger partial charge in [-0.3, -0.25) is 0 Å². The van der Waals surface area contributed by atoms with Crippen LogP contribution in [-0.4, -0.2) is 17.3 Å². The van der Waals surface area contributed by atoms with E-state index in [2.05, 4.69) is 13.8 Å². The van der Waals surface area contributed by atoms with Crippen LogP contribution >= 0.6 is 23.2 Å². The molecule has 1 N–H and O–H groups in total. The standard InChI is InChI=1S/C14H18Cl2O2/c1-3-14(4-2)11(17)8-12(14)18-10-7-5-6-9(15)13(10)16/h5-7,11-12,17H,3-4,8H2,1-2H3. The van der Waals surface area contributed by atoms with Crippen LogP contribution in [0.15, 0.2) is 18.2 Å². The highest BCUT2D eigenvalue weighted by atomic mass is 35.5. The molecular weight excluding hydrogens is 271 g/mol. The van der Waals surface area contributed by atoms with Gasteiger partial charge in [0.2, 0.25) is 0 Å². The lowest BCUT2D eigenvalue weighted by molar-refractivity contribution is -0.159. The van der Waals surface area contributed by atoms with Crippen molar-refractivity contribution >= 4 is 23.2 Å². The smallest absolute Gasteiger partial charge is 0.139 e. The summed E-state index contributed by atoms with van der Waals surface area (Å²) in [7, 11) is 0. The highest BCUT2D eigenvalue weighted by molar-refractivity contribution is 6.42. The minimum atomic E-state index is -0.282. The van der Waals surface area contributed by atoms with Gasteiger partial charge in [0.25, 0.3) is 0 Å². The summed E-state index contributed by atoms with van der Waals surface area (Å²) < 4.78 is 5.95. The average molecular weight is 289 g/mol. The molecule has 1 aromatic carbocycles. The molecule has 0 aliphatic heterocycles. The molecule has 100 valence electrons. The molecule has 18 heavy (non-hydrogen) atoms.